The van der Waals surface area contributed by atoms with Crippen molar-refractivity contribution in [3.05, 3.63) is 28.7 Å². The minimum absolute atomic E-state index is 0.153. The molecule has 1 aliphatic rings. The van der Waals surface area contributed by atoms with Crippen LogP contribution in [0.25, 0.3) is 11.0 Å². The fraction of sp³-hybridized carbons (Fsp3) is 0.462. The van der Waals surface area contributed by atoms with E-state index in [1.165, 1.54) is 19.4 Å². The van der Waals surface area contributed by atoms with Crippen LogP contribution in [0.15, 0.2) is 23.0 Å². The number of rotatable bonds is 2. The summed E-state index contributed by atoms with van der Waals surface area (Å²) in [7, 11) is 2.15. The van der Waals surface area contributed by atoms with Crippen LogP contribution in [-0.4, -0.2) is 41.0 Å². The average molecular weight is 246 g/mol. The number of piperidine rings is 1. The number of imidazole rings is 1. The maximum absolute atomic E-state index is 11.2. The molecule has 5 nitrogen and oxygen atoms in total. The van der Waals surface area contributed by atoms with Gasteiger partial charge in [-0.1, -0.05) is 0 Å². The molecule has 0 amide bonds. The van der Waals surface area contributed by atoms with Gasteiger partial charge in [0, 0.05) is 18.3 Å². The van der Waals surface area contributed by atoms with Crippen molar-refractivity contribution >= 4 is 16.7 Å². The van der Waals surface area contributed by atoms with Crippen LogP contribution in [0.1, 0.15) is 12.8 Å². The highest BCUT2D eigenvalue weighted by atomic mass is 16.1. The van der Waals surface area contributed by atoms with Crippen molar-refractivity contribution in [3.63, 3.8) is 0 Å². The molecule has 1 unspecified atom stereocenters. The van der Waals surface area contributed by atoms with Crippen LogP contribution in [-0.2, 0) is 0 Å². The van der Waals surface area contributed by atoms with Crippen LogP contribution >= 0.6 is 0 Å². The van der Waals surface area contributed by atoms with E-state index >= 15 is 0 Å². The Bertz CT molecular complexity index is 600. The summed E-state index contributed by atoms with van der Waals surface area (Å²) < 4.78 is 0. The van der Waals surface area contributed by atoms with Crippen molar-refractivity contribution < 1.29 is 0 Å². The number of fused-ring (bicyclic) bond motifs is 1. The molecule has 1 aromatic heterocycles. The van der Waals surface area contributed by atoms with Gasteiger partial charge < -0.3 is 20.2 Å². The summed E-state index contributed by atoms with van der Waals surface area (Å²) >= 11 is 0. The van der Waals surface area contributed by atoms with E-state index in [9.17, 15) is 4.79 Å². The van der Waals surface area contributed by atoms with Crippen LogP contribution in [0.2, 0.25) is 0 Å². The molecule has 1 saturated heterocycles. The number of aromatic amines is 2. The minimum atomic E-state index is -0.153. The zero-order valence-electron chi connectivity index (χ0n) is 10.5. The first kappa shape index (κ1) is 11.3. The van der Waals surface area contributed by atoms with E-state index in [0.29, 0.717) is 6.04 Å². The lowest BCUT2D eigenvalue weighted by Gasteiger charge is -2.30. The standard InChI is InChI=1S/C13H18N4O/c1-17-6-2-3-10(8-17)14-9-4-5-11-12(7-9)16-13(18)15-11/h4-5,7,10,14H,2-3,6,8H2,1H3,(H2,15,16,18). The second-order valence-corrected chi connectivity index (χ2v) is 5.09. The summed E-state index contributed by atoms with van der Waals surface area (Å²) in [5, 5.41) is 3.54. The average Bonchev–Trinajstić information content (AvgIpc) is 2.68. The maximum Gasteiger partial charge on any atom is 0.323 e. The Balaban J connectivity index is 1.79. The third-order valence-corrected chi connectivity index (χ3v) is 3.51. The maximum atomic E-state index is 11.2. The SMILES string of the molecule is CN1CCCC(Nc2ccc3[nH]c(=O)[nH]c3c2)C1. The van der Waals surface area contributed by atoms with Gasteiger partial charge in [-0.25, -0.2) is 4.79 Å². The molecule has 96 valence electrons. The zero-order valence-corrected chi connectivity index (χ0v) is 10.5. The molecule has 2 heterocycles. The lowest BCUT2D eigenvalue weighted by atomic mass is 10.1. The van der Waals surface area contributed by atoms with Crippen LogP contribution in [0, 0.1) is 0 Å². The number of aromatic nitrogens is 2. The van der Waals surface area contributed by atoms with Crippen molar-refractivity contribution in [1.82, 2.24) is 14.9 Å². The molecule has 5 heteroatoms. The Hall–Kier alpha value is -1.75. The number of benzene rings is 1. The third kappa shape index (κ3) is 2.26. The van der Waals surface area contributed by atoms with Gasteiger partial charge in [-0.2, -0.15) is 0 Å². The van der Waals surface area contributed by atoms with E-state index in [-0.39, 0.29) is 5.69 Å². The Morgan fingerprint density at radius 2 is 2.17 bits per heavy atom. The summed E-state index contributed by atoms with van der Waals surface area (Å²) in [5.41, 5.74) is 2.62. The topological polar surface area (TPSA) is 63.9 Å². The van der Waals surface area contributed by atoms with Gasteiger partial charge in [0.25, 0.3) is 0 Å². The molecular formula is C13H18N4O. The monoisotopic (exact) mass is 246 g/mol. The van der Waals surface area contributed by atoms with Crippen LogP contribution in [0.5, 0.6) is 0 Å². The van der Waals surface area contributed by atoms with Crippen LogP contribution in [0.4, 0.5) is 5.69 Å². The molecule has 1 atom stereocenters. The van der Waals surface area contributed by atoms with E-state index in [0.717, 1.165) is 23.3 Å². The van der Waals surface area contributed by atoms with E-state index in [4.69, 9.17) is 0 Å². The largest absolute Gasteiger partial charge is 0.381 e. The second-order valence-electron chi connectivity index (χ2n) is 5.09. The molecule has 0 spiro atoms. The number of hydrogen-bond donors (Lipinski definition) is 3. The molecule has 18 heavy (non-hydrogen) atoms. The van der Waals surface area contributed by atoms with Crippen molar-refractivity contribution in [3.8, 4) is 0 Å². The van der Waals surface area contributed by atoms with Gasteiger partial charge in [-0.3, -0.25) is 0 Å². The number of hydrogen-bond acceptors (Lipinski definition) is 3. The van der Waals surface area contributed by atoms with Crippen LogP contribution in [0.3, 0.4) is 0 Å². The molecule has 3 rings (SSSR count). The fourth-order valence-corrected chi connectivity index (χ4v) is 2.64. The number of likely N-dealkylation sites (N-methyl/N-ethyl adjacent to an activating group) is 1. The summed E-state index contributed by atoms with van der Waals surface area (Å²) in [6.45, 7) is 2.25. The lowest BCUT2D eigenvalue weighted by molar-refractivity contribution is 0.261. The lowest BCUT2D eigenvalue weighted by Crippen LogP contribution is -2.39. The second kappa shape index (κ2) is 4.49. The molecular weight excluding hydrogens is 228 g/mol. The quantitative estimate of drug-likeness (QED) is 0.749. The van der Waals surface area contributed by atoms with Gasteiger partial charge in [-0.15, -0.1) is 0 Å². The number of nitrogens with one attached hydrogen (secondary N) is 3. The molecule has 1 fully saturated rings. The van der Waals surface area contributed by atoms with Crippen molar-refractivity contribution in [2.75, 3.05) is 25.5 Å². The highest BCUT2D eigenvalue weighted by Gasteiger charge is 2.16. The Labute approximate surface area is 105 Å². The number of H-pyrrole nitrogens is 2. The highest BCUT2D eigenvalue weighted by Crippen LogP contribution is 2.18. The third-order valence-electron chi connectivity index (χ3n) is 3.51. The Morgan fingerprint density at radius 1 is 1.33 bits per heavy atom. The molecule has 0 aliphatic carbocycles. The summed E-state index contributed by atoms with van der Waals surface area (Å²) in [4.78, 5) is 19.1. The predicted octanol–water partition coefficient (Wildman–Crippen LogP) is 1.36. The Kier molecular flexibility index (Phi) is 2.83. The van der Waals surface area contributed by atoms with Crippen LogP contribution < -0.4 is 11.0 Å². The smallest absolute Gasteiger partial charge is 0.323 e. The summed E-state index contributed by atoms with van der Waals surface area (Å²) in [6.07, 6.45) is 2.43. The molecule has 1 aliphatic heterocycles. The van der Waals surface area contributed by atoms with E-state index < -0.39 is 0 Å². The number of nitrogens with zero attached hydrogens (tertiary/aromatic N) is 1. The van der Waals surface area contributed by atoms with Crippen molar-refractivity contribution in [2.24, 2.45) is 0 Å². The predicted molar refractivity (Wildman–Crippen MR) is 73.1 cm³/mol. The minimum Gasteiger partial charge on any atom is -0.381 e. The zero-order chi connectivity index (χ0) is 12.5. The van der Waals surface area contributed by atoms with E-state index in [1.807, 2.05) is 18.2 Å². The molecule has 3 N–H and O–H groups in total. The highest BCUT2D eigenvalue weighted by molar-refractivity contribution is 5.78. The normalized spacial score (nSPS) is 21.3. The van der Waals surface area contributed by atoms with Crippen molar-refractivity contribution in [1.29, 1.82) is 0 Å². The fourth-order valence-electron chi connectivity index (χ4n) is 2.64. The van der Waals surface area contributed by atoms with E-state index in [2.05, 4.69) is 27.2 Å². The molecule has 0 radical (unpaired) electrons. The summed E-state index contributed by atoms with van der Waals surface area (Å²) in [6, 6.07) is 6.43. The first-order valence-electron chi connectivity index (χ1n) is 6.38. The van der Waals surface area contributed by atoms with Gasteiger partial charge in [0.2, 0.25) is 0 Å². The van der Waals surface area contributed by atoms with Gasteiger partial charge in [0.05, 0.1) is 11.0 Å². The van der Waals surface area contributed by atoms with Crippen molar-refractivity contribution in [2.45, 2.75) is 18.9 Å². The number of anilines is 1. The first-order chi connectivity index (χ1) is 8.70. The molecule has 1 aromatic carbocycles. The van der Waals surface area contributed by atoms with Gasteiger partial charge >= 0.3 is 5.69 Å². The molecule has 2 aromatic rings. The van der Waals surface area contributed by atoms with E-state index in [1.54, 1.807) is 0 Å². The number of likely N-dealkylation sites (tertiary alicyclic amines) is 1. The summed E-state index contributed by atoms with van der Waals surface area (Å²) in [5.74, 6) is 0. The van der Waals surface area contributed by atoms with Gasteiger partial charge in [-0.05, 0) is 44.6 Å². The first-order valence-corrected chi connectivity index (χ1v) is 6.38. The van der Waals surface area contributed by atoms with Gasteiger partial charge in [0.15, 0.2) is 0 Å². The Morgan fingerprint density at radius 3 is 3.00 bits per heavy atom. The molecule has 0 saturated carbocycles. The molecule has 0 bridgehead atoms. The van der Waals surface area contributed by atoms with Gasteiger partial charge in [0.1, 0.15) is 0 Å².